The number of rotatable bonds is 7. The van der Waals surface area contributed by atoms with Gasteiger partial charge in [0.2, 0.25) is 0 Å². The SMILES string of the molecule is COc1ccc(CCC(=O)O[C@@H]2C[C@H]3C4=CCCN5CCC[C@H]2[C@@]45C[C@H](C)[C@H]3OC(C)=O)cc1OC. The topological polar surface area (TPSA) is 74.3 Å². The van der Waals surface area contributed by atoms with Gasteiger partial charge in [0.05, 0.1) is 14.2 Å². The molecule has 2 aliphatic heterocycles. The van der Waals surface area contributed by atoms with E-state index in [1.54, 1.807) is 14.2 Å². The minimum Gasteiger partial charge on any atom is -0.493 e. The van der Waals surface area contributed by atoms with Crippen LogP contribution in [0.3, 0.4) is 0 Å². The van der Waals surface area contributed by atoms with Crippen LogP contribution in [0.4, 0.5) is 0 Å². The van der Waals surface area contributed by atoms with Crippen LogP contribution in [-0.4, -0.2) is 61.9 Å². The summed E-state index contributed by atoms with van der Waals surface area (Å²) in [5.41, 5.74) is 2.39. The van der Waals surface area contributed by atoms with Gasteiger partial charge in [-0.05, 0) is 74.3 Å². The highest BCUT2D eigenvalue weighted by Gasteiger charge is 2.63. The molecule has 1 saturated heterocycles. The van der Waals surface area contributed by atoms with Crippen molar-refractivity contribution in [3.05, 3.63) is 35.4 Å². The molecule has 3 fully saturated rings. The molecule has 1 aromatic carbocycles. The quantitative estimate of drug-likeness (QED) is 0.410. The average Bonchev–Trinajstić information content (AvgIpc) is 2.86. The van der Waals surface area contributed by atoms with Crippen molar-refractivity contribution in [1.29, 1.82) is 0 Å². The van der Waals surface area contributed by atoms with E-state index in [4.69, 9.17) is 18.9 Å². The second kappa shape index (κ2) is 10.1. The fraction of sp³-hybridized carbons (Fsp3) is 0.655. The molecule has 2 heterocycles. The predicted molar refractivity (Wildman–Crippen MR) is 135 cm³/mol. The Hall–Kier alpha value is -2.54. The van der Waals surface area contributed by atoms with Gasteiger partial charge in [0.15, 0.2) is 11.5 Å². The molecule has 5 rings (SSSR count). The van der Waals surface area contributed by atoms with E-state index in [0.717, 1.165) is 50.8 Å². The molecular weight excluding hydrogens is 458 g/mol. The van der Waals surface area contributed by atoms with E-state index in [2.05, 4.69) is 17.9 Å². The largest absolute Gasteiger partial charge is 0.493 e. The minimum atomic E-state index is -0.231. The maximum absolute atomic E-state index is 13.1. The second-order valence-electron chi connectivity index (χ2n) is 10.9. The number of nitrogens with zero attached hydrogens (tertiary/aromatic N) is 1. The van der Waals surface area contributed by atoms with E-state index in [1.807, 2.05) is 18.2 Å². The van der Waals surface area contributed by atoms with Gasteiger partial charge in [0, 0.05) is 37.3 Å². The van der Waals surface area contributed by atoms with Crippen molar-refractivity contribution < 1.29 is 28.5 Å². The number of hydrogen-bond acceptors (Lipinski definition) is 7. The van der Waals surface area contributed by atoms with E-state index in [-0.39, 0.29) is 41.5 Å². The maximum Gasteiger partial charge on any atom is 0.306 e. The Labute approximate surface area is 214 Å². The second-order valence-corrected chi connectivity index (χ2v) is 10.9. The molecule has 2 saturated carbocycles. The number of methoxy groups -OCH3 is 2. The zero-order valence-corrected chi connectivity index (χ0v) is 22.0. The molecule has 0 amide bonds. The molecule has 2 aliphatic carbocycles. The van der Waals surface area contributed by atoms with Crippen LogP contribution in [0.15, 0.2) is 29.8 Å². The number of carbonyl (C=O) groups is 2. The van der Waals surface area contributed by atoms with Crippen LogP contribution >= 0.6 is 0 Å². The van der Waals surface area contributed by atoms with Gasteiger partial charge in [-0.3, -0.25) is 14.5 Å². The first-order valence-corrected chi connectivity index (χ1v) is 13.4. The lowest BCUT2D eigenvalue weighted by Gasteiger charge is -2.65. The van der Waals surface area contributed by atoms with E-state index in [1.165, 1.54) is 12.5 Å². The molecule has 0 unspecified atom stereocenters. The third-order valence-corrected chi connectivity index (χ3v) is 8.96. The number of esters is 2. The number of piperidine rings is 1. The van der Waals surface area contributed by atoms with Crippen molar-refractivity contribution in [2.75, 3.05) is 27.3 Å². The molecule has 0 radical (unpaired) electrons. The smallest absolute Gasteiger partial charge is 0.306 e. The normalized spacial score (nSPS) is 33.1. The molecule has 7 nitrogen and oxygen atoms in total. The van der Waals surface area contributed by atoms with Crippen molar-refractivity contribution >= 4 is 11.9 Å². The molecular formula is C29H39NO6. The van der Waals surface area contributed by atoms with Crippen LogP contribution in [0.25, 0.3) is 0 Å². The summed E-state index contributed by atoms with van der Waals surface area (Å²) in [6, 6.07) is 5.74. The first-order chi connectivity index (χ1) is 17.4. The van der Waals surface area contributed by atoms with Gasteiger partial charge < -0.3 is 18.9 Å². The van der Waals surface area contributed by atoms with Crippen molar-refractivity contribution in [3.63, 3.8) is 0 Å². The fourth-order valence-corrected chi connectivity index (χ4v) is 7.69. The third-order valence-electron chi connectivity index (χ3n) is 8.96. The number of carbonyl (C=O) groups excluding carboxylic acids is 2. The van der Waals surface area contributed by atoms with Crippen LogP contribution in [0, 0.1) is 17.8 Å². The summed E-state index contributed by atoms with van der Waals surface area (Å²) in [4.78, 5) is 27.8. The zero-order chi connectivity index (χ0) is 25.4. The first kappa shape index (κ1) is 25.1. The lowest BCUT2D eigenvalue weighted by molar-refractivity contribution is -0.185. The number of hydrogen-bond donors (Lipinski definition) is 0. The van der Waals surface area contributed by atoms with Crippen molar-refractivity contribution in [3.8, 4) is 11.5 Å². The standard InChI is InChI=1S/C29H39NO6/c1-18-17-29-22-7-5-13-30(29)14-6-8-23(29)25(16-21(22)28(18)35-19(2)31)36-27(32)12-10-20-9-11-24(33-3)26(15-20)34-4/h7,9,11,15,18,21,23,25,28H,5-6,8,10,12-14,16-17H2,1-4H3/t18-,21-,23+,25+,28+,29+/m0/s1. The summed E-state index contributed by atoms with van der Waals surface area (Å²) in [5.74, 6) is 1.61. The summed E-state index contributed by atoms with van der Waals surface area (Å²) in [6.45, 7) is 5.86. The predicted octanol–water partition coefficient (Wildman–Crippen LogP) is 4.32. The highest BCUT2D eigenvalue weighted by atomic mass is 16.6. The van der Waals surface area contributed by atoms with Crippen LogP contribution in [0.2, 0.25) is 0 Å². The Balaban J connectivity index is 1.35. The van der Waals surface area contributed by atoms with Crippen molar-refractivity contribution in [2.45, 2.75) is 76.5 Å². The van der Waals surface area contributed by atoms with E-state index >= 15 is 0 Å². The van der Waals surface area contributed by atoms with E-state index < -0.39 is 0 Å². The van der Waals surface area contributed by atoms with Crippen LogP contribution in [-0.2, 0) is 25.5 Å². The Morgan fingerprint density at radius 2 is 1.92 bits per heavy atom. The van der Waals surface area contributed by atoms with Crippen LogP contribution in [0.5, 0.6) is 11.5 Å². The molecule has 1 spiro atoms. The van der Waals surface area contributed by atoms with Gasteiger partial charge in [0.1, 0.15) is 12.2 Å². The van der Waals surface area contributed by atoms with Gasteiger partial charge in [-0.1, -0.05) is 19.1 Å². The molecule has 1 aromatic rings. The summed E-state index contributed by atoms with van der Waals surface area (Å²) in [5, 5.41) is 0. The van der Waals surface area contributed by atoms with Crippen LogP contribution < -0.4 is 9.47 Å². The maximum atomic E-state index is 13.1. The lowest BCUT2D eigenvalue weighted by Crippen LogP contribution is -2.71. The molecule has 0 aromatic heterocycles. The van der Waals surface area contributed by atoms with Gasteiger partial charge >= 0.3 is 11.9 Å². The molecule has 2 bridgehead atoms. The minimum absolute atomic E-state index is 0.0657. The fourth-order valence-electron chi connectivity index (χ4n) is 7.69. The molecule has 196 valence electrons. The van der Waals surface area contributed by atoms with Crippen molar-refractivity contribution in [2.24, 2.45) is 17.8 Å². The number of benzene rings is 1. The van der Waals surface area contributed by atoms with Gasteiger partial charge in [-0.25, -0.2) is 0 Å². The molecule has 4 aliphatic rings. The molecule has 0 N–H and O–H groups in total. The van der Waals surface area contributed by atoms with Crippen LogP contribution in [0.1, 0.15) is 57.9 Å². The molecule has 6 atom stereocenters. The third kappa shape index (κ3) is 4.29. The Morgan fingerprint density at radius 3 is 2.67 bits per heavy atom. The Bertz CT molecular complexity index is 1040. The Morgan fingerprint density at radius 1 is 1.11 bits per heavy atom. The van der Waals surface area contributed by atoms with E-state index in [0.29, 0.717) is 30.3 Å². The first-order valence-electron chi connectivity index (χ1n) is 13.4. The van der Waals surface area contributed by atoms with Gasteiger partial charge in [-0.15, -0.1) is 0 Å². The monoisotopic (exact) mass is 497 g/mol. The molecule has 36 heavy (non-hydrogen) atoms. The van der Waals surface area contributed by atoms with E-state index in [9.17, 15) is 9.59 Å². The number of ether oxygens (including phenoxy) is 4. The average molecular weight is 498 g/mol. The summed E-state index contributed by atoms with van der Waals surface area (Å²) >= 11 is 0. The number of aryl methyl sites for hydroxylation is 1. The van der Waals surface area contributed by atoms with Gasteiger partial charge in [0.25, 0.3) is 0 Å². The Kier molecular flexibility index (Phi) is 7.03. The zero-order valence-electron chi connectivity index (χ0n) is 22.0. The summed E-state index contributed by atoms with van der Waals surface area (Å²) < 4.78 is 22.9. The summed E-state index contributed by atoms with van der Waals surface area (Å²) in [6.07, 6.45) is 7.92. The highest BCUT2D eigenvalue weighted by Crippen LogP contribution is 2.59. The van der Waals surface area contributed by atoms with Crippen molar-refractivity contribution in [1.82, 2.24) is 4.90 Å². The highest BCUT2D eigenvalue weighted by molar-refractivity contribution is 5.70. The summed E-state index contributed by atoms with van der Waals surface area (Å²) in [7, 11) is 3.22. The van der Waals surface area contributed by atoms with Gasteiger partial charge in [-0.2, -0.15) is 0 Å². The molecule has 7 heteroatoms. The lowest BCUT2D eigenvalue weighted by atomic mass is 9.51.